The molecule has 0 aliphatic carbocycles. The number of nitrogens with zero attached hydrogens (tertiary/aromatic N) is 1. The number of aromatic nitrogens is 2. The van der Waals surface area contributed by atoms with Gasteiger partial charge in [-0.25, -0.2) is 4.79 Å². The van der Waals surface area contributed by atoms with E-state index in [0.717, 1.165) is 0 Å². The van der Waals surface area contributed by atoms with Gasteiger partial charge in [-0.15, -0.1) is 0 Å². The van der Waals surface area contributed by atoms with Gasteiger partial charge < -0.3 is 14.1 Å². The minimum atomic E-state index is -0.504. The van der Waals surface area contributed by atoms with E-state index in [1.54, 1.807) is 0 Å². The molecule has 6 nitrogen and oxygen atoms in total. The average molecular weight is 236 g/mol. The van der Waals surface area contributed by atoms with Crippen LogP contribution in [0.5, 0.6) is 0 Å². The monoisotopic (exact) mass is 236 g/mol. The Morgan fingerprint density at radius 2 is 2.24 bits per heavy atom. The molecule has 0 spiro atoms. The zero-order chi connectivity index (χ0) is 12.4. The van der Waals surface area contributed by atoms with Crippen LogP contribution < -0.4 is 11.2 Å². The maximum atomic E-state index is 11.9. The molecule has 2 aromatic rings. The molecule has 2 heterocycles. The van der Waals surface area contributed by atoms with Crippen LogP contribution in [-0.4, -0.2) is 17.1 Å². The number of fused-ring (bicyclic) bond motifs is 1. The van der Waals surface area contributed by atoms with E-state index in [1.807, 2.05) is 6.92 Å². The van der Waals surface area contributed by atoms with Crippen LogP contribution in [0.1, 0.15) is 18.3 Å². The number of aryl methyl sites for hydroxylation is 1. The highest BCUT2D eigenvalue weighted by Gasteiger charge is 2.11. The smallest absolute Gasteiger partial charge is 0.337 e. The summed E-state index contributed by atoms with van der Waals surface area (Å²) in [5.74, 6) is 0.335. The van der Waals surface area contributed by atoms with E-state index in [-0.39, 0.29) is 17.9 Å². The second-order valence-corrected chi connectivity index (χ2v) is 3.57. The fraction of sp³-hybridized carbons (Fsp3) is 0.364. The van der Waals surface area contributed by atoms with E-state index in [0.29, 0.717) is 23.2 Å². The lowest BCUT2D eigenvalue weighted by molar-refractivity contribution is 0.177. The third kappa shape index (κ3) is 2.12. The average Bonchev–Trinajstić information content (AvgIpc) is 2.27. The van der Waals surface area contributed by atoms with Gasteiger partial charge in [-0.2, -0.15) is 4.98 Å². The molecule has 0 fully saturated rings. The van der Waals surface area contributed by atoms with E-state index >= 15 is 0 Å². The molecule has 0 bridgehead atoms. The van der Waals surface area contributed by atoms with Gasteiger partial charge >= 0.3 is 5.63 Å². The number of H-pyrrole nitrogens is 1. The van der Waals surface area contributed by atoms with Gasteiger partial charge in [0.15, 0.2) is 0 Å². The van der Waals surface area contributed by atoms with E-state index < -0.39 is 5.63 Å². The first kappa shape index (κ1) is 11.5. The molecule has 2 aromatic heterocycles. The summed E-state index contributed by atoms with van der Waals surface area (Å²) in [6.07, 6.45) is 0.566. The maximum Gasteiger partial charge on any atom is 0.337 e. The number of hydrogen-bond donors (Lipinski definition) is 1. The Balaban J connectivity index is 2.81. The fourth-order valence-corrected chi connectivity index (χ4v) is 1.68. The molecule has 90 valence electrons. The standard InChI is InChI=1S/C11H12N2O4/c1-3-6-4-8(14)17-11-9(6)10(15)12-7(13-11)5-16-2/h4H,3,5H2,1-2H3,(H,12,13,15). The zero-order valence-corrected chi connectivity index (χ0v) is 9.57. The van der Waals surface area contributed by atoms with Crippen molar-refractivity contribution in [3.8, 4) is 0 Å². The van der Waals surface area contributed by atoms with Gasteiger partial charge in [0.05, 0.1) is 0 Å². The summed E-state index contributed by atoms with van der Waals surface area (Å²) in [7, 11) is 1.49. The topological polar surface area (TPSA) is 85.2 Å². The molecular weight excluding hydrogens is 224 g/mol. The van der Waals surface area contributed by atoms with E-state index in [9.17, 15) is 9.59 Å². The molecule has 0 atom stereocenters. The molecule has 0 saturated heterocycles. The van der Waals surface area contributed by atoms with Crippen molar-refractivity contribution in [2.45, 2.75) is 20.0 Å². The summed E-state index contributed by atoms with van der Waals surface area (Å²) in [6.45, 7) is 2.02. The summed E-state index contributed by atoms with van der Waals surface area (Å²) in [5.41, 5.74) is -0.127. The van der Waals surface area contributed by atoms with Crippen molar-refractivity contribution in [1.29, 1.82) is 0 Å². The highest BCUT2D eigenvalue weighted by Crippen LogP contribution is 2.11. The highest BCUT2D eigenvalue weighted by molar-refractivity contribution is 5.75. The third-order valence-corrected chi connectivity index (χ3v) is 2.41. The van der Waals surface area contributed by atoms with Gasteiger partial charge in [0, 0.05) is 13.2 Å². The van der Waals surface area contributed by atoms with E-state index in [4.69, 9.17) is 9.15 Å². The van der Waals surface area contributed by atoms with Crippen LogP contribution in [0.3, 0.4) is 0 Å². The Kier molecular flexibility index (Phi) is 3.06. The Hall–Kier alpha value is -1.95. The van der Waals surface area contributed by atoms with Crippen molar-refractivity contribution in [1.82, 2.24) is 9.97 Å². The molecule has 0 radical (unpaired) electrons. The molecule has 2 rings (SSSR count). The number of ether oxygens (including phenoxy) is 1. The number of nitrogens with one attached hydrogen (secondary N) is 1. The Bertz CT molecular complexity index is 657. The predicted molar refractivity (Wildman–Crippen MR) is 61.0 cm³/mol. The molecular formula is C11H12N2O4. The summed E-state index contributed by atoms with van der Waals surface area (Å²) in [4.78, 5) is 29.8. The van der Waals surface area contributed by atoms with Gasteiger partial charge in [0.25, 0.3) is 5.56 Å². The minimum absolute atomic E-state index is 0.0603. The summed E-state index contributed by atoms with van der Waals surface area (Å²) >= 11 is 0. The van der Waals surface area contributed by atoms with Crippen molar-refractivity contribution in [2.75, 3.05) is 7.11 Å². The van der Waals surface area contributed by atoms with Crippen LogP contribution in [0.4, 0.5) is 0 Å². The molecule has 0 saturated carbocycles. The van der Waals surface area contributed by atoms with Crippen LogP contribution in [0.25, 0.3) is 11.1 Å². The van der Waals surface area contributed by atoms with Crippen molar-refractivity contribution in [2.24, 2.45) is 0 Å². The lowest BCUT2D eigenvalue weighted by Gasteiger charge is -2.03. The van der Waals surface area contributed by atoms with Crippen molar-refractivity contribution in [3.63, 3.8) is 0 Å². The molecule has 6 heteroatoms. The lowest BCUT2D eigenvalue weighted by Crippen LogP contribution is -2.16. The van der Waals surface area contributed by atoms with Crippen molar-refractivity contribution < 1.29 is 9.15 Å². The first-order chi connectivity index (χ1) is 8.15. The summed E-state index contributed by atoms with van der Waals surface area (Å²) in [5, 5.41) is 0.326. The van der Waals surface area contributed by atoms with Crippen LogP contribution in [-0.2, 0) is 17.8 Å². The Morgan fingerprint density at radius 1 is 1.47 bits per heavy atom. The van der Waals surface area contributed by atoms with Gasteiger partial charge in [-0.3, -0.25) is 4.79 Å². The molecule has 1 N–H and O–H groups in total. The van der Waals surface area contributed by atoms with Gasteiger partial charge in [0.2, 0.25) is 5.71 Å². The summed E-state index contributed by atoms with van der Waals surface area (Å²) < 4.78 is 9.80. The Morgan fingerprint density at radius 3 is 2.88 bits per heavy atom. The van der Waals surface area contributed by atoms with Gasteiger partial charge in [0.1, 0.15) is 17.8 Å². The molecule has 0 amide bonds. The van der Waals surface area contributed by atoms with E-state index in [1.165, 1.54) is 13.2 Å². The van der Waals surface area contributed by atoms with Crippen LogP contribution >= 0.6 is 0 Å². The molecule has 0 aromatic carbocycles. The number of aromatic amines is 1. The van der Waals surface area contributed by atoms with Crippen molar-refractivity contribution >= 4 is 11.1 Å². The second kappa shape index (κ2) is 4.50. The Labute approximate surface area is 96.3 Å². The molecule has 0 aliphatic rings. The molecule has 17 heavy (non-hydrogen) atoms. The maximum absolute atomic E-state index is 11.9. The van der Waals surface area contributed by atoms with Gasteiger partial charge in [-0.1, -0.05) is 6.92 Å². The number of methoxy groups -OCH3 is 1. The largest absolute Gasteiger partial charge is 0.403 e. The highest BCUT2D eigenvalue weighted by atomic mass is 16.5. The third-order valence-electron chi connectivity index (χ3n) is 2.41. The van der Waals surface area contributed by atoms with Crippen molar-refractivity contribution in [3.05, 3.63) is 38.2 Å². The normalized spacial score (nSPS) is 10.9. The lowest BCUT2D eigenvalue weighted by atomic mass is 10.1. The summed E-state index contributed by atoms with van der Waals surface area (Å²) in [6, 6.07) is 1.31. The second-order valence-electron chi connectivity index (χ2n) is 3.57. The zero-order valence-electron chi connectivity index (χ0n) is 9.57. The number of hydrogen-bond acceptors (Lipinski definition) is 5. The fourth-order valence-electron chi connectivity index (χ4n) is 1.68. The quantitative estimate of drug-likeness (QED) is 0.842. The van der Waals surface area contributed by atoms with E-state index in [2.05, 4.69) is 9.97 Å². The van der Waals surface area contributed by atoms with Gasteiger partial charge in [-0.05, 0) is 12.0 Å². The van der Waals surface area contributed by atoms with Crippen LogP contribution in [0, 0.1) is 0 Å². The van der Waals surface area contributed by atoms with Crippen LogP contribution in [0.2, 0.25) is 0 Å². The minimum Gasteiger partial charge on any atom is -0.403 e. The first-order valence-corrected chi connectivity index (χ1v) is 5.20. The van der Waals surface area contributed by atoms with Crippen LogP contribution in [0.15, 0.2) is 20.1 Å². The molecule has 0 unspecified atom stereocenters. The predicted octanol–water partition coefficient (Wildman–Crippen LogP) is 0.585. The first-order valence-electron chi connectivity index (χ1n) is 5.20. The SMILES string of the molecule is CCc1cc(=O)oc2nc(COC)[nH]c(=O)c12. The molecule has 0 aliphatic heterocycles. The number of rotatable bonds is 3.